The van der Waals surface area contributed by atoms with E-state index in [9.17, 15) is 14.0 Å². The Kier molecular flexibility index (Phi) is 5.97. The molecular weight excluding hydrogens is 499 g/mol. The number of aromatic amines is 1. The van der Waals surface area contributed by atoms with Crippen LogP contribution in [0.1, 0.15) is 46.1 Å². The van der Waals surface area contributed by atoms with E-state index in [1.165, 1.54) is 23.0 Å². The third kappa shape index (κ3) is 4.45. The van der Waals surface area contributed by atoms with Crippen molar-refractivity contribution in [2.75, 3.05) is 11.9 Å². The van der Waals surface area contributed by atoms with Crippen LogP contribution in [-0.2, 0) is 11.8 Å². The summed E-state index contributed by atoms with van der Waals surface area (Å²) in [6.07, 6.45) is 6.67. The molecule has 200 valence electrons. The number of ether oxygens (including phenoxy) is 1. The Morgan fingerprint density at radius 1 is 1.21 bits per heavy atom. The molecule has 1 aromatic carbocycles. The van der Waals surface area contributed by atoms with Gasteiger partial charge in [0.2, 0.25) is 5.91 Å². The van der Waals surface area contributed by atoms with Crippen LogP contribution in [0.25, 0.3) is 11.3 Å². The van der Waals surface area contributed by atoms with Crippen molar-refractivity contribution < 1.29 is 18.7 Å². The minimum absolute atomic E-state index is 0.312. The quantitative estimate of drug-likeness (QED) is 0.346. The lowest BCUT2D eigenvalue weighted by Gasteiger charge is -2.38. The topological polar surface area (TPSA) is 114 Å². The minimum atomic E-state index is -0.992. The summed E-state index contributed by atoms with van der Waals surface area (Å²) in [6, 6.07) is 8.56. The summed E-state index contributed by atoms with van der Waals surface area (Å²) in [7, 11) is 1.66. The van der Waals surface area contributed by atoms with Crippen molar-refractivity contribution in [3.05, 3.63) is 83.3 Å². The summed E-state index contributed by atoms with van der Waals surface area (Å²) < 4.78 is 21.8. The SMILES string of the molecule is Cc1c[nH]c(C)c1-c1ccc(NC(=O)[C@@H](NC(=O)c2ccnn2C)C2c3cc(F)ccc3OCC23CC3)cn1. The van der Waals surface area contributed by atoms with Gasteiger partial charge in [0.15, 0.2) is 0 Å². The number of fused-ring (bicyclic) bond motifs is 1. The number of H-pyrrole nitrogens is 1. The molecule has 2 atom stereocenters. The van der Waals surface area contributed by atoms with E-state index in [1.54, 1.807) is 31.4 Å². The molecule has 10 heteroatoms. The molecule has 0 saturated heterocycles. The van der Waals surface area contributed by atoms with E-state index < -0.39 is 29.6 Å². The van der Waals surface area contributed by atoms with Gasteiger partial charge in [0, 0.05) is 47.6 Å². The maximum Gasteiger partial charge on any atom is 0.270 e. The van der Waals surface area contributed by atoms with E-state index in [0.29, 0.717) is 29.3 Å². The number of benzene rings is 1. The number of pyridine rings is 1. The highest BCUT2D eigenvalue weighted by molar-refractivity contribution is 6.01. The lowest BCUT2D eigenvalue weighted by Crippen LogP contribution is -2.52. The van der Waals surface area contributed by atoms with Crippen molar-refractivity contribution in [3.63, 3.8) is 0 Å². The zero-order chi connectivity index (χ0) is 27.3. The lowest BCUT2D eigenvalue weighted by molar-refractivity contribution is -0.119. The summed E-state index contributed by atoms with van der Waals surface area (Å²) in [5.74, 6) is -1.24. The van der Waals surface area contributed by atoms with Gasteiger partial charge in [-0.15, -0.1) is 0 Å². The fourth-order valence-electron chi connectivity index (χ4n) is 5.68. The van der Waals surface area contributed by atoms with E-state index in [2.05, 4.69) is 25.7 Å². The van der Waals surface area contributed by atoms with E-state index in [4.69, 9.17) is 4.74 Å². The molecule has 3 aromatic heterocycles. The normalized spacial score (nSPS) is 17.7. The Morgan fingerprint density at radius 3 is 2.67 bits per heavy atom. The Hall–Kier alpha value is -4.47. The fraction of sp³-hybridized carbons (Fsp3) is 0.310. The molecule has 1 aliphatic heterocycles. The van der Waals surface area contributed by atoms with Crippen molar-refractivity contribution in [1.82, 2.24) is 25.1 Å². The Labute approximate surface area is 224 Å². The molecule has 4 heterocycles. The first-order chi connectivity index (χ1) is 18.8. The van der Waals surface area contributed by atoms with Crippen LogP contribution in [0.5, 0.6) is 5.75 Å². The molecule has 6 rings (SSSR count). The predicted octanol–water partition coefficient (Wildman–Crippen LogP) is 4.26. The highest BCUT2D eigenvalue weighted by atomic mass is 19.1. The first kappa shape index (κ1) is 24.8. The van der Waals surface area contributed by atoms with Crippen LogP contribution in [-0.4, -0.2) is 44.2 Å². The zero-order valence-electron chi connectivity index (χ0n) is 21.9. The molecule has 9 nitrogen and oxygen atoms in total. The predicted molar refractivity (Wildman–Crippen MR) is 143 cm³/mol. The van der Waals surface area contributed by atoms with Gasteiger partial charge in [-0.1, -0.05) is 0 Å². The summed E-state index contributed by atoms with van der Waals surface area (Å²) >= 11 is 0. The maximum absolute atomic E-state index is 14.4. The van der Waals surface area contributed by atoms with Crippen molar-refractivity contribution in [2.24, 2.45) is 12.5 Å². The van der Waals surface area contributed by atoms with Crippen LogP contribution in [0.4, 0.5) is 10.1 Å². The second-order valence-corrected chi connectivity index (χ2v) is 10.5. The number of rotatable bonds is 6. The van der Waals surface area contributed by atoms with Gasteiger partial charge in [-0.25, -0.2) is 4.39 Å². The van der Waals surface area contributed by atoms with Crippen LogP contribution in [0.15, 0.2) is 55.0 Å². The van der Waals surface area contributed by atoms with Gasteiger partial charge in [-0.2, -0.15) is 5.10 Å². The molecule has 2 aliphatic rings. The molecular formula is C29H29FN6O3. The Bertz CT molecular complexity index is 1550. The lowest BCUT2D eigenvalue weighted by atomic mass is 9.75. The largest absolute Gasteiger partial charge is 0.493 e. The third-order valence-electron chi connectivity index (χ3n) is 7.89. The second-order valence-electron chi connectivity index (χ2n) is 10.5. The first-order valence-corrected chi connectivity index (χ1v) is 12.9. The number of carbonyl (C=O) groups excluding carboxylic acids is 2. The van der Waals surface area contributed by atoms with E-state index >= 15 is 0 Å². The van der Waals surface area contributed by atoms with Crippen molar-refractivity contribution in [2.45, 2.75) is 38.6 Å². The number of nitrogens with zero attached hydrogens (tertiary/aromatic N) is 3. The average molecular weight is 529 g/mol. The zero-order valence-corrected chi connectivity index (χ0v) is 21.9. The van der Waals surface area contributed by atoms with Gasteiger partial charge in [-0.3, -0.25) is 19.3 Å². The number of aromatic nitrogens is 4. The molecule has 3 N–H and O–H groups in total. The summed E-state index contributed by atoms with van der Waals surface area (Å²) in [5.41, 5.74) is 4.91. The molecule has 1 spiro atoms. The molecule has 1 fully saturated rings. The minimum Gasteiger partial charge on any atom is -0.493 e. The summed E-state index contributed by atoms with van der Waals surface area (Å²) in [5, 5.41) is 9.95. The van der Waals surface area contributed by atoms with Crippen LogP contribution in [0, 0.1) is 25.1 Å². The summed E-state index contributed by atoms with van der Waals surface area (Å²) in [4.78, 5) is 35.0. The van der Waals surface area contributed by atoms with Gasteiger partial charge >= 0.3 is 0 Å². The second kappa shape index (κ2) is 9.37. The third-order valence-corrected chi connectivity index (χ3v) is 7.89. The fourth-order valence-corrected chi connectivity index (χ4v) is 5.68. The molecule has 2 amide bonds. The first-order valence-electron chi connectivity index (χ1n) is 12.9. The number of halogens is 1. The molecule has 39 heavy (non-hydrogen) atoms. The van der Waals surface area contributed by atoms with Crippen molar-refractivity contribution in [1.29, 1.82) is 0 Å². The van der Waals surface area contributed by atoms with Crippen molar-refractivity contribution in [3.8, 4) is 17.0 Å². The standard InChI is InChI=1S/C29H29FN6O3/c1-16-13-31-17(2)24(16)21-6-5-19(14-32-21)34-28(38)26(35-27(37)22-8-11-33-36(22)3)25-20-12-18(30)4-7-23(20)39-15-29(25)9-10-29/h4-8,11-14,25-26,31H,9-10,15H2,1-3H3,(H,34,38)(H,35,37)/t25?,26-/m0/s1. The molecule has 0 bridgehead atoms. The maximum atomic E-state index is 14.4. The number of hydrogen-bond acceptors (Lipinski definition) is 5. The van der Waals surface area contributed by atoms with Gasteiger partial charge in [-0.05, 0) is 68.7 Å². The highest BCUT2D eigenvalue weighted by Crippen LogP contribution is 2.61. The van der Waals surface area contributed by atoms with Crippen LogP contribution >= 0.6 is 0 Å². The number of aryl methyl sites for hydroxylation is 3. The van der Waals surface area contributed by atoms with Gasteiger partial charge in [0.25, 0.3) is 5.91 Å². The highest BCUT2D eigenvalue weighted by Gasteiger charge is 2.58. The van der Waals surface area contributed by atoms with E-state index in [0.717, 1.165) is 35.4 Å². The smallest absolute Gasteiger partial charge is 0.270 e. The van der Waals surface area contributed by atoms with Gasteiger partial charge in [0.05, 0.1) is 24.2 Å². The van der Waals surface area contributed by atoms with Crippen LogP contribution in [0.3, 0.4) is 0 Å². The molecule has 1 aliphatic carbocycles. The molecule has 0 radical (unpaired) electrons. The van der Waals surface area contributed by atoms with Crippen LogP contribution < -0.4 is 15.4 Å². The van der Waals surface area contributed by atoms with E-state index in [1.807, 2.05) is 26.1 Å². The number of amides is 2. The molecule has 1 saturated carbocycles. The van der Waals surface area contributed by atoms with Gasteiger partial charge < -0.3 is 20.4 Å². The average Bonchev–Trinajstić information content (AvgIpc) is 3.41. The van der Waals surface area contributed by atoms with E-state index in [-0.39, 0.29) is 5.41 Å². The number of nitrogens with one attached hydrogen (secondary N) is 3. The summed E-state index contributed by atoms with van der Waals surface area (Å²) in [6.45, 7) is 4.39. The van der Waals surface area contributed by atoms with Crippen LogP contribution in [0.2, 0.25) is 0 Å². The molecule has 1 unspecified atom stereocenters. The Balaban J connectivity index is 1.34. The number of carbonyl (C=O) groups is 2. The monoisotopic (exact) mass is 528 g/mol. The van der Waals surface area contributed by atoms with Gasteiger partial charge in [0.1, 0.15) is 23.3 Å². The van der Waals surface area contributed by atoms with Crippen molar-refractivity contribution >= 4 is 17.5 Å². The Morgan fingerprint density at radius 2 is 2.03 bits per heavy atom. The number of hydrogen-bond donors (Lipinski definition) is 3. The number of anilines is 1. The molecule has 4 aromatic rings.